The number of nitrogens with zero attached hydrogens (tertiary/aromatic N) is 5. The maximum absolute atomic E-state index is 4.27. The third-order valence-electron chi connectivity index (χ3n) is 1.98. The second-order valence-electron chi connectivity index (χ2n) is 3.13. The Balaban J connectivity index is 2.26. The van der Waals surface area contributed by atoms with Gasteiger partial charge in [0.05, 0.1) is 6.21 Å². The standard InChI is InChI=1S/C10H11N5/c1-8-13-14-9(2)15(8)12-7-10-3-5-11-6-4-10/h3-7H,1-2H3. The summed E-state index contributed by atoms with van der Waals surface area (Å²) >= 11 is 0. The van der Waals surface area contributed by atoms with E-state index in [1.807, 2.05) is 26.0 Å². The van der Waals surface area contributed by atoms with Gasteiger partial charge in [0, 0.05) is 12.4 Å². The predicted molar refractivity (Wildman–Crippen MR) is 56.7 cm³/mol. The quantitative estimate of drug-likeness (QED) is 0.685. The zero-order valence-corrected chi connectivity index (χ0v) is 8.62. The van der Waals surface area contributed by atoms with E-state index in [4.69, 9.17) is 0 Å². The average Bonchev–Trinajstić information content (AvgIpc) is 2.58. The molecule has 0 aromatic carbocycles. The second kappa shape index (κ2) is 4.00. The summed E-state index contributed by atoms with van der Waals surface area (Å²) in [5, 5.41) is 12.1. The van der Waals surface area contributed by atoms with Crippen molar-refractivity contribution in [2.75, 3.05) is 0 Å². The fourth-order valence-corrected chi connectivity index (χ4v) is 1.20. The van der Waals surface area contributed by atoms with Crippen LogP contribution in [-0.4, -0.2) is 26.1 Å². The van der Waals surface area contributed by atoms with Crippen LogP contribution in [0.5, 0.6) is 0 Å². The van der Waals surface area contributed by atoms with Crippen molar-refractivity contribution < 1.29 is 0 Å². The Hall–Kier alpha value is -2.04. The molecule has 0 bridgehead atoms. The lowest BCUT2D eigenvalue weighted by molar-refractivity contribution is 0.799. The van der Waals surface area contributed by atoms with Crippen LogP contribution in [0.15, 0.2) is 29.6 Å². The lowest BCUT2D eigenvalue weighted by Gasteiger charge is -1.96. The maximum Gasteiger partial charge on any atom is 0.151 e. The van der Waals surface area contributed by atoms with Crippen LogP contribution >= 0.6 is 0 Å². The minimum Gasteiger partial charge on any atom is -0.265 e. The molecule has 0 aliphatic carbocycles. The number of aryl methyl sites for hydroxylation is 2. The molecule has 0 N–H and O–H groups in total. The summed E-state index contributed by atoms with van der Waals surface area (Å²) in [5.41, 5.74) is 0.998. The summed E-state index contributed by atoms with van der Waals surface area (Å²) in [6.45, 7) is 3.73. The third-order valence-corrected chi connectivity index (χ3v) is 1.98. The van der Waals surface area contributed by atoms with Crippen molar-refractivity contribution in [1.82, 2.24) is 19.9 Å². The average molecular weight is 201 g/mol. The van der Waals surface area contributed by atoms with Crippen LogP contribution < -0.4 is 0 Å². The molecule has 0 saturated carbocycles. The molecule has 0 aliphatic rings. The molecule has 5 nitrogen and oxygen atoms in total. The van der Waals surface area contributed by atoms with Gasteiger partial charge in [0.25, 0.3) is 0 Å². The number of hydrogen-bond donors (Lipinski definition) is 0. The Labute approximate surface area is 87.5 Å². The van der Waals surface area contributed by atoms with E-state index in [0.717, 1.165) is 17.2 Å². The smallest absolute Gasteiger partial charge is 0.151 e. The van der Waals surface area contributed by atoms with Crippen LogP contribution in [-0.2, 0) is 0 Å². The number of aromatic nitrogens is 4. The summed E-state index contributed by atoms with van der Waals surface area (Å²) in [7, 11) is 0. The highest BCUT2D eigenvalue weighted by Crippen LogP contribution is 1.99. The lowest BCUT2D eigenvalue weighted by Crippen LogP contribution is -1.96. The molecule has 0 fully saturated rings. The van der Waals surface area contributed by atoms with Crippen molar-refractivity contribution in [1.29, 1.82) is 0 Å². The van der Waals surface area contributed by atoms with E-state index in [1.54, 1.807) is 23.3 Å². The normalized spacial score (nSPS) is 11.1. The van der Waals surface area contributed by atoms with Crippen LogP contribution in [0.25, 0.3) is 0 Å². The van der Waals surface area contributed by atoms with Gasteiger partial charge in [-0.1, -0.05) is 0 Å². The molecular weight excluding hydrogens is 190 g/mol. The molecule has 0 atom stereocenters. The first-order valence-corrected chi connectivity index (χ1v) is 4.60. The molecule has 2 rings (SSSR count). The van der Waals surface area contributed by atoms with Gasteiger partial charge in [-0.05, 0) is 31.5 Å². The van der Waals surface area contributed by atoms with Crippen molar-refractivity contribution >= 4 is 6.21 Å². The van der Waals surface area contributed by atoms with Crippen LogP contribution in [0, 0.1) is 13.8 Å². The zero-order chi connectivity index (χ0) is 10.7. The van der Waals surface area contributed by atoms with E-state index in [2.05, 4.69) is 20.3 Å². The zero-order valence-electron chi connectivity index (χ0n) is 8.62. The summed E-state index contributed by atoms with van der Waals surface area (Å²) in [5.74, 6) is 1.55. The SMILES string of the molecule is Cc1nnc(C)n1N=Cc1ccncc1. The molecule has 0 radical (unpaired) electrons. The molecule has 0 unspecified atom stereocenters. The highest BCUT2D eigenvalue weighted by molar-refractivity contribution is 5.79. The van der Waals surface area contributed by atoms with Gasteiger partial charge in [-0.15, -0.1) is 10.2 Å². The monoisotopic (exact) mass is 201 g/mol. The first-order chi connectivity index (χ1) is 7.27. The Kier molecular flexibility index (Phi) is 2.53. The summed E-state index contributed by atoms with van der Waals surface area (Å²) < 4.78 is 1.69. The molecule has 15 heavy (non-hydrogen) atoms. The van der Waals surface area contributed by atoms with Gasteiger partial charge in [0.1, 0.15) is 0 Å². The Morgan fingerprint density at radius 3 is 2.33 bits per heavy atom. The highest BCUT2D eigenvalue weighted by Gasteiger charge is 2.00. The van der Waals surface area contributed by atoms with E-state index in [0.29, 0.717) is 0 Å². The first-order valence-electron chi connectivity index (χ1n) is 4.60. The fraction of sp³-hybridized carbons (Fsp3) is 0.200. The van der Waals surface area contributed by atoms with Crippen LogP contribution in [0.1, 0.15) is 17.2 Å². The third kappa shape index (κ3) is 2.07. The Morgan fingerprint density at radius 2 is 1.73 bits per heavy atom. The molecule has 0 saturated heterocycles. The van der Waals surface area contributed by atoms with Crippen LogP contribution in [0.2, 0.25) is 0 Å². The van der Waals surface area contributed by atoms with Crippen molar-refractivity contribution in [3.05, 3.63) is 41.7 Å². The van der Waals surface area contributed by atoms with Crippen molar-refractivity contribution in [3.63, 3.8) is 0 Å². The van der Waals surface area contributed by atoms with Crippen molar-refractivity contribution in [2.24, 2.45) is 5.10 Å². The summed E-state index contributed by atoms with van der Waals surface area (Å²) in [6, 6.07) is 3.77. The number of hydrogen-bond acceptors (Lipinski definition) is 4. The molecule has 2 aromatic heterocycles. The minimum absolute atomic E-state index is 0.776. The maximum atomic E-state index is 4.27. The van der Waals surface area contributed by atoms with Gasteiger partial charge >= 0.3 is 0 Å². The molecule has 2 heterocycles. The first kappa shape index (κ1) is 9.51. The number of rotatable bonds is 2. The minimum atomic E-state index is 0.776. The predicted octanol–water partition coefficient (Wildman–Crippen LogP) is 1.17. The second-order valence-corrected chi connectivity index (χ2v) is 3.13. The molecule has 2 aromatic rings. The van der Waals surface area contributed by atoms with Gasteiger partial charge in [0.15, 0.2) is 11.6 Å². The Morgan fingerprint density at radius 1 is 1.13 bits per heavy atom. The van der Waals surface area contributed by atoms with Crippen LogP contribution in [0.4, 0.5) is 0 Å². The van der Waals surface area contributed by atoms with E-state index >= 15 is 0 Å². The summed E-state index contributed by atoms with van der Waals surface area (Å²) in [4.78, 5) is 3.93. The molecule has 76 valence electrons. The van der Waals surface area contributed by atoms with Crippen LogP contribution in [0.3, 0.4) is 0 Å². The molecule has 5 heteroatoms. The van der Waals surface area contributed by atoms with Crippen molar-refractivity contribution in [3.8, 4) is 0 Å². The van der Waals surface area contributed by atoms with Gasteiger partial charge in [-0.25, -0.2) is 4.68 Å². The summed E-state index contributed by atoms with van der Waals surface area (Å²) in [6.07, 6.45) is 5.21. The van der Waals surface area contributed by atoms with E-state index < -0.39 is 0 Å². The van der Waals surface area contributed by atoms with Gasteiger partial charge < -0.3 is 0 Å². The van der Waals surface area contributed by atoms with E-state index in [1.165, 1.54) is 0 Å². The van der Waals surface area contributed by atoms with Gasteiger partial charge in [0.2, 0.25) is 0 Å². The fourth-order valence-electron chi connectivity index (χ4n) is 1.20. The Bertz CT molecular complexity index is 452. The molecule has 0 aliphatic heterocycles. The number of pyridine rings is 1. The topological polar surface area (TPSA) is 56.0 Å². The molecule has 0 spiro atoms. The van der Waals surface area contributed by atoms with E-state index in [-0.39, 0.29) is 0 Å². The highest BCUT2D eigenvalue weighted by atomic mass is 15.4. The van der Waals surface area contributed by atoms with Crippen molar-refractivity contribution in [2.45, 2.75) is 13.8 Å². The largest absolute Gasteiger partial charge is 0.265 e. The lowest BCUT2D eigenvalue weighted by atomic mass is 10.3. The van der Waals surface area contributed by atoms with Gasteiger partial charge in [-0.3, -0.25) is 4.98 Å². The molecular formula is C10H11N5. The molecule has 0 amide bonds. The van der Waals surface area contributed by atoms with E-state index in [9.17, 15) is 0 Å². The van der Waals surface area contributed by atoms with Gasteiger partial charge in [-0.2, -0.15) is 5.10 Å².